The lowest BCUT2D eigenvalue weighted by molar-refractivity contribution is -0.139. The Hall–Kier alpha value is -3.45. The van der Waals surface area contributed by atoms with Crippen molar-refractivity contribution in [3.05, 3.63) is 64.3 Å². The first-order valence-electron chi connectivity index (χ1n) is 11.2. The summed E-state index contributed by atoms with van der Waals surface area (Å²) in [6.45, 7) is 2.48. The number of carbonyl (C=O) groups excluding carboxylic acids is 2. The van der Waals surface area contributed by atoms with Crippen molar-refractivity contribution in [2.24, 2.45) is 0 Å². The van der Waals surface area contributed by atoms with Crippen LogP contribution in [0.2, 0.25) is 5.02 Å². The number of ketones is 1. The molecule has 1 fully saturated rings. The lowest BCUT2D eigenvalue weighted by Gasteiger charge is -2.25. The number of nitrogens with one attached hydrogen (secondary N) is 1. The SMILES string of the molecule is CCCCCN1C(=O)C(=O)/C(=C(/O)c2cc(Cl)c(OC)cc2OC)C1c1c[nH]c2ccccc12. The number of hydrogen-bond acceptors (Lipinski definition) is 5. The third kappa shape index (κ3) is 4.01. The molecule has 2 N–H and O–H groups in total. The highest BCUT2D eigenvalue weighted by Crippen LogP contribution is 2.44. The van der Waals surface area contributed by atoms with Crippen LogP contribution in [0.25, 0.3) is 16.7 Å². The summed E-state index contributed by atoms with van der Waals surface area (Å²) in [5.74, 6) is -1.07. The molecule has 1 aromatic heterocycles. The molecule has 34 heavy (non-hydrogen) atoms. The Labute approximate surface area is 202 Å². The maximum atomic E-state index is 13.3. The summed E-state index contributed by atoms with van der Waals surface area (Å²) in [7, 11) is 2.92. The number of H-pyrrole nitrogens is 1. The van der Waals surface area contributed by atoms with Crippen LogP contribution >= 0.6 is 11.6 Å². The number of fused-ring (bicyclic) bond motifs is 1. The van der Waals surface area contributed by atoms with Crippen molar-refractivity contribution in [3.63, 3.8) is 0 Å². The number of halogens is 1. The quantitative estimate of drug-likeness (QED) is 0.193. The molecule has 0 aliphatic carbocycles. The van der Waals surface area contributed by atoms with E-state index in [1.165, 1.54) is 26.4 Å². The molecular formula is C26H27ClN2O5. The van der Waals surface area contributed by atoms with Gasteiger partial charge >= 0.3 is 0 Å². The van der Waals surface area contributed by atoms with Crippen LogP contribution in [0.5, 0.6) is 11.5 Å². The lowest BCUT2D eigenvalue weighted by Crippen LogP contribution is -2.30. The number of Topliss-reactive ketones (excluding diaryl/α,β-unsaturated/α-hetero) is 1. The molecular weight excluding hydrogens is 456 g/mol. The number of carbonyl (C=O) groups is 2. The smallest absolute Gasteiger partial charge is 0.295 e. The number of para-hydroxylation sites is 1. The van der Waals surface area contributed by atoms with Crippen LogP contribution in [0.3, 0.4) is 0 Å². The van der Waals surface area contributed by atoms with Crippen LogP contribution in [0.4, 0.5) is 0 Å². The predicted octanol–water partition coefficient (Wildman–Crippen LogP) is 5.45. The van der Waals surface area contributed by atoms with Crippen molar-refractivity contribution in [1.82, 2.24) is 9.88 Å². The van der Waals surface area contributed by atoms with E-state index in [2.05, 4.69) is 11.9 Å². The maximum absolute atomic E-state index is 13.3. The molecule has 0 spiro atoms. The fraction of sp³-hybridized carbons (Fsp3) is 0.308. The highest BCUT2D eigenvalue weighted by atomic mass is 35.5. The molecule has 3 aromatic rings. The van der Waals surface area contributed by atoms with Crippen LogP contribution in [0, 0.1) is 0 Å². The van der Waals surface area contributed by atoms with E-state index in [0.717, 1.165) is 35.7 Å². The summed E-state index contributed by atoms with van der Waals surface area (Å²) in [5.41, 5.74) is 1.84. The Morgan fingerprint density at radius 2 is 1.85 bits per heavy atom. The second kappa shape index (κ2) is 9.81. The largest absolute Gasteiger partial charge is 0.507 e. The normalized spacial score (nSPS) is 17.5. The first-order valence-corrected chi connectivity index (χ1v) is 11.6. The van der Waals surface area contributed by atoms with Gasteiger partial charge in [0.05, 0.1) is 36.4 Å². The Balaban J connectivity index is 1.94. The molecule has 7 nitrogen and oxygen atoms in total. The van der Waals surface area contributed by atoms with Gasteiger partial charge in [-0.2, -0.15) is 0 Å². The molecule has 2 heterocycles. The molecule has 178 valence electrons. The second-order valence-corrected chi connectivity index (χ2v) is 8.58. The van der Waals surface area contributed by atoms with Crippen molar-refractivity contribution >= 4 is 40.0 Å². The number of hydrogen-bond donors (Lipinski definition) is 2. The summed E-state index contributed by atoms with van der Waals surface area (Å²) in [4.78, 5) is 31.2. The van der Waals surface area contributed by atoms with E-state index in [4.69, 9.17) is 21.1 Å². The van der Waals surface area contributed by atoms with Gasteiger partial charge in [-0.1, -0.05) is 49.6 Å². The molecule has 1 aliphatic rings. The number of likely N-dealkylation sites (tertiary alicyclic amines) is 1. The van der Waals surface area contributed by atoms with Gasteiger partial charge in [-0.3, -0.25) is 9.59 Å². The maximum Gasteiger partial charge on any atom is 0.295 e. The fourth-order valence-corrected chi connectivity index (χ4v) is 4.72. The number of amides is 1. The number of nitrogens with zero attached hydrogens (tertiary/aromatic N) is 1. The topological polar surface area (TPSA) is 91.9 Å². The third-order valence-electron chi connectivity index (χ3n) is 6.19. The van der Waals surface area contributed by atoms with E-state index in [1.54, 1.807) is 11.1 Å². The van der Waals surface area contributed by atoms with E-state index in [1.807, 2.05) is 24.3 Å². The molecule has 2 aromatic carbocycles. The van der Waals surface area contributed by atoms with Crippen LogP contribution in [0.15, 0.2) is 48.2 Å². The van der Waals surface area contributed by atoms with Gasteiger partial charge in [-0.25, -0.2) is 0 Å². The van der Waals surface area contributed by atoms with Gasteiger partial charge in [0.25, 0.3) is 11.7 Å². The van der Waals surface area contributed by atoms with Crippen molar-refractivity contribution in [3.8, 4) is 11.5 Å². The van der Waals surface area contributed by atoms with E-state index in [9.17, 15) is 14.7 Å². The van der Waals surface area contributed by atoms with Gasteiger partial charge < -0.3 is 24.5 Å². The summed E-state index contributed by atoms with van der Waals surface area (Å²) < 4.78 is 10.7. The number of benzene rings is 2. The number of ether oxygens (including phenoxy) is 2. The molecule has 8 heteroatoms. The van der Waals surface area contributed by atoms with Crippen molar-refractivity contribution in [1.29, 1.82) is 0 Å². The standard InChI is InChI=1S/C26H27ClN2O5/c1-4-5-8-11-29-23(17-14-28-19-10-7-6-9-15(17)19)22(25(31)26(29)32)24(30)16-12-18(27)21(34-3)13-20(16)33-2/h6-7,9-10,12-14,23,28,30H,4-5,8,11H2,1-3H3/b24-22+. The molecule has 0 bridgehead atoms. The van der Waals surface area contributed by atoms with E-state index in [0.29, 0.717) is 12.3 Å². The Morgan fingerprint density at radius 3 is 2.56 bits per heavy atom. The number of aliphatic hydroxyl groups excluding tert-OH is 1. The third-order valence-corrected chi connectivity index (χ3v) is 6.48. The zero-order chi connectivity index (χ0) is 24.4. The minimum atomic E-state index is -0.751. The van der Waals surface area contributed by atoms with Crippen molar-refractivity contribution in [2.75, 3.05) is 20.8 Å². The lowest BCUT2D eigenvalue weighted by atomic mass is 9.94. The second-order valence-electron chi connectivity index (χ2n) is 8.18. The highest BCUT2D eigenvalue weighted by Gasteiger charge is 2.46. The van der Waals surface area contributed by atoms with Crippen LogP contribution in [-0.2, 0) is 9.59 Å². The molecule has 0 radical (unpaired) electrons. The Bertz CT molecular complexity index is 1280. The predicted molar refractivity (Wildman–Crippen MR) is 131 cm³/mol. The molecule has 1 amide bonds. The number of aliphatic hydroxyl groups is 1. The van der Waals surface area contributed by atoms with E-state index < -0.39 is 17.7 Å². The minimum absolute atomic E-state index is 0.00536. The zero-order valence-corrected chi connectivity index (χ0v) is 20.1. The average molecular weight is 483 g/mol. The molecule has 1 atom stereocenters. The van der Waals surface area contributed by atoms with Crippen LogP contribution in [0.1, 0.15) is 43.4 Å². The highest BCUT2D eigenvalue weighted by molar-refractivity contribution is 6.46. The Morgan fingerprint density at radius 1 is 1.12 bits per heavy atom. The number of rotatable bonds is 8. The van der Waals surface area contributed by atoms with E-state index >= 15 is 0 Å². The van der Waals surface area contributed by atoms with Gasteiger partial charge in [-0.15, -0.1) is 0 Å². The van der Waals surface area contributed by atoms with Gasteiger partial charge in [-0.05, 0) is 18.6 Å². The first kappa shape index (κ1) is 23.7. The van der Waals surface area contributed by atoms with Crippen molar-refractivity contribution < 1.29 is 24.2 Å². The fourth-order valence-electron chi connectivity index (χ4n) is 4.48. The first-order chi connectivity index (χ1) is 16.4. The molecule has 1 aliphatic heterocycles. The van der Waals surface area contributed by atoms with E-state index in [-0.39, 0.29) is 27.7 Å². The number of methoxy groups -OCH3 is 2. The van der Waals surface area contributed by atoms with Gasteiger partial charge in [0.2, 0.25) is 0 Å². The number of aromatic amines is 1. The number of aromatic nitrogens is 1. The summed E-state index contributed by atoms with van der Waals surface area (Å²) >= 11 is 6.32. The molecule has 4 rings (SSSR count). The molecule has 1 unspecified atom stereocenters. The Kier molecular flexibility index (Phi) is 6.84. The molecule has 1 saturated heterocycles. The summed E-state index contributed by atoms with van der Waals surface area (Å²) in [5, 5.41) is 12.5. The summed E-state index contributed by atoms with van der Waals surface area (Å²) in [6.07, 6.45) is 4.44. The monoisotopic (exact) mass is 482 g/mol. The van der Waals surface area contributed by atoms with Gasteiger partial charge in [0.15, 0.2) is 0 Å². The average Bonchev–Trinajstić information content (AvgIpc) is 3.37. The minimum Gasteiger partial charge on any atom is -0.507 e. The van der Waals surface area contributed by atoms with Crippen LogP contribution < -0.4 is 9.47 Å². The van der Waals surface area contributed by atoms with Crippen molar-refractivity contribution in [2.45, 2.75) is 32.2 Å². The number of unbranched alkanes of at least 4 members (excludes halogenated alkanes) is 2. The van der Waals surface area contributed by atoms with Gasteiger partial charge in [0, 0.05) is 35.3 Å². The molecule has 0 saturated carbocycles. The van der Waals surface area contributed by atoms with Gasteiger partial charge in [0.1, 0.15) is 17.3 Å². The summed E-state index contributed by atoms with van der Waals surface area (Å²) in [6, 6.07) is 9.92. The van der Waals surface area contributed by atoms with Crippen LogP contribution in [-0.4, -0.2) is 47.4 Å². The zero-order valence-electron chi connectivity index (χ0n) is 19.4.